The van der Waals surface area contributed by atoms with E-state index in [-0.39, 0.29) is 12.0 Å². The van der Waals surface area contributed by atoms with Gasteiger partial charge in [-0.1, -0.05) is 0 Å². The molecule has 2 heterocycles. The van der Waals surface area contributed by atoms with Crippen molar-refractivity contribution >= 4 is 23.0 Å². The molecule has 1 aromatic rings. The van der Waals surface area contributed by atoms with E-state index in [1.807, 2.05) is 6.07 Å². The smallest absolute Gasteiger partial charge is 0.224 e. The number of hydrogen-bond acceptors (Lipinski definition) is 4. The lowest BCUT2D eigenvalue weighted by Gasteiger charge is -2.35. The third kappa shape index (κ3) is 2.45. The Morgan fingerprint density at radius 2 is 2.25 bits per heavy atom. The highest BCUT2D eigenvalue weighted by atomic mass is 16.5. The van der Waals surface area contributed by atoms with E-state index in [1.54, 1.807) is 7.11 Å². The molecule has 0 aliphatic carbocycles. The third-order valence-electron chi connectivity index (χ3n) is 4.20. The molecule has 20 heavy (non-hydrogen) atoms. The number of methoxy groups -OCH3 is 1. The molecule has 0 radical (unpaired) electrons. The number of carbonyl (C=O) groups is 1. The predicted octanol–water partition coefficient (Wildman–Crippen LogP) is 1.77. The van der Waals surface area contributed by atoms with Crippen molar-refractivity contribution < 1.29 is 9.53 Å². The van der Waals surface area contributed by atoms with Crippen molar-refractivity contribution in [2.24, 2.45) is 0 Å². The van der Waals surface area contributed by atoms with Crippen LogP contribution in [0.3, 0.4) is 0 Å². The molecule has 3 N–H and O–H groups in total. The Kier molecular flexibility index (Phi) is 3.53. The van der Waals surface area contributed by atoms with Crippen LogP contribution < -0.4 is 16.0 Å². The number of nitrogens with one attached hydrogen (secondary N) is 1. The van der Waals surface area contributed by atoms with Crippen LogP contribution in [0.1, 0.15) is 24.8 Å². The SMILES string of the molecule is COC1CCCN(c2cc3c(cc2N)NC(=O)CC3)C1. The molecule has 2 aliphatic rings. The predicted molar refractivity (Wildman–Crippen MR) is 80.0 cm³/mol. The molecule has 3 rings (SSSR count). The van der Waals surface area contributed by atoms with Crippen molar-refractivity contribution in [3.05, 3.63) is 17.7 Å². The minimum Gasteiger partial charge on any atom is -0.397 e. The van der Waals surface area contributed by atoms with Gasteiger partial charge in [0.2, 0.25) is 5.91 Å². The van der Waals surface area contributed by atoms with Crippen molar-refractivity contribution in [3.63, 3.8) is 0 Å². The van der Waals surface area contributed by atoms with Crippen LogP contribution in [0.15, 0.2) is 12.1 Å². The molecule has 1 amide bonds. The number of amides is 1. The molecule has 1 aromatic carbocycles. The fraction of sp³-hybridized carbons (Fsp3) is 0.533. The highest BCUT2D eigenvalue weighted by Crippen LogP contribution is 2.34. The van der Waals surface area contributed by atoms with Gasteiger partial charge in [-0.2, -0.15) is 0 Å². The Morgan fingerprint density at radius 3 is 3.05 bits per heavy atom. The second-order valence-corrected chi connectivity index (χ2v) is 5.56. The minimum atomic E-state index is 0.0714. The summed E-state index contributed by atoms with van der Waals surface area (Å²) in [5, 5.41) is 2.89. The number of carbonyl (C=O) groups excluding carboxylic acids is 1. The van der Waals surface area contributed by atoms with Gasteiger partial charge in [0, 0.05) is 32.3 Å². The highest BCUT2D eigenvalue weighted by molar-refractivity contribution is 5.95. The number of rotatable bonds is 2. The molecule has 0 aromatic heterocycles. The number of aryl methyl sites for hydroxylation is 1. The molecule has 5 nitrogen and oxygen atoms in total. The molecule has 1 atom stereocenters. The number of benzene rings is 1. The molecular formula is C15H21N3O2. The van der Waals surface area contributed by atoms with E-state index >= 15 is 0 Å². The number of nitrogen functional groups attached to an aromatic ring is 1. The van der Waals surface area contributed by atoms with Gasteiger partial charge >= 0.3 is 0 Å². The number of ether oxygens (including phenoxy) is 1. The van der Waals surface area contributed by atoms with Gasteiger partial charge < -0.3 is 20.7 Å². The summed E-state index contributed by atoms with van der Waals surface area (Å²) in [4.78, 5) is 13.7. The van der Waals surface area contributed by atoms with Crippen LogP contribution in [-0.4, -0.2) is 32.2 Å². The maximum Gasteiger partial charge on any atom is 0.224 e. The van der Waals surface area contributed by atoms with Crippen molar-refractivity contribution in [2.45, 2.75) is 31.8 Å². The summed E-state index contributed by atoms with van der Waals surface area (Å²) in [7, 11) is 1.76. The molecule has 1 unspecified atom stereocenters. The van der Waals surface area contributed by atoms with Gasteiger partial charge in [-0.15, -0.1) is 0 Å². The van der Waals surface area contributed by atoms with E-state index in [2.05, 4.69) is 16.3 Å². The van der Waals surface area contributed by atoms with Crippen LogP contribution in [0.5, 0.6) is 0 Å². The lowest BCUT2D eigenvalue weighted by atomic mass is 9.99. The van der Waals surface area contributed by atoms with Gasteiger partial charge in [-0.3, -0.25) is 4.79 Å². The van der Waals surface area contributed by atoms with Crippen LogP contribution in [0.25, 0.3) is 0 Å². The Balaban J connectivity index is 1.88. The number of nitrogens with zero attached hydrogens (tertiary/aromatic N) is 1. The maximum atomic E-state index is 11.4. The van der Waals surface area contributed by atoms with Gasteiger partial charge in [-0.05, 0) is 37.0 Å². The summed E-state index contributed by atoms with van der Waals surface area (Å²) >= 11 is 0. The van der Waals surface area contributed by atoms with Crippen molar-refractivity contribution in [2.75, 3.05) is 36.1 Å². The average Bonchev–Trinajstić information content (AvgIpc) is 2.46. The molecule has 1 fully saturated rings. The molecule has 2 aliphatic heterocycles. The van der Waals surface area contributed by atoms with Gasteiger partial charge in [0.15, 0.2) is 0 Å². The monoisotopic (exact) mass is 275 g/mol. The van der Waals surface area contributed by atoms with Crippen molar-refractivity contribution in [3.8, 4) is 0 Å². The normalized spacial score (nSPS) is 22.4. The third-order valence-corrected chi connectivity index (χ3v) is 4.20. The summed E-state index contributed by atoms with van der Waals surface area (Å²) < 4.78 is 5.47. The van der Waals surface area contributed by atoms with E-state index < -0.39 is 0 Å². The summed E-state index contributed by atoms with van der Waals surface area (Å²) in [6, 6.07) is 4.01. The standard InChI is InChI=1S/C15H21N3O2/c1-20-11-3-2-6-18(9-11)14-7-10-4-5-15(19)17-13(10)8-12(14)16/h7-8,11H,2-6,9,16H2,1H3,(H,17,19). The first-order valence-corrected chi connectivity index (χ1v) is 7.17. The van der Waals surface area contributed by atoms with Crippen molar-refractivity contribution in [1.29, 1.82) is 0 Å². The first-order valence-electron chi connectivity index (χ1n) is 7.17. The summed E-state index contributed by atoms with van der Waals surface area (Å²) in [5.41, 5.74) is 10.0. The van der Waals surface area contributed by atoms with E-state index in [1.165, 1.54) is 5.56 Å². The number of piperidine rings is 1. The number of fused-ring (bicyclic) bond motifs is 1. The average molecular weight is 275 g/mol. The van der Waals surface area contributed by atoms with Crippen LogP contribution in [0, 0.1) is 0 Å². The zero-order valence-corrected chi connectivity index (χ0v) is 11.8. The van der Waals surface area contributed by atoms with Gasteiger partial charge in [0.1, 0.15) is 0 Å². The van der Waals surface area contributed by atoms with E-state index in [0.29, 0.717) is 6.42 Å². The van der Waals surface area contributed by atoms with Gasteiger partial charge in [0.05, 0.1) is 17.5 Å². The van der Waals surface area contributed by atoms with Crippen molar-refractivity contribution in [1.82, 2.24) is 0 Å². The topological polar surface area (TPSA) is 67.6 Å². The second kappa shape index (κ2) is 5.32. The van der Waals surface area contributed by atoms with E-state index in [9.17, 15) is 4.79 Å². The number of nitrogens with two attached hydrogens (primary N) is 1. The molecule has 108 valence electrons. The molecule has 0 saturated carbocycles. The largest absolute Gasteiger partial charge is 0.397 e. The summed E-state index contributed by atoms with van der Waals surface area (Å²) in [5.74, 6) is 0.0714. The number of anilines is 3. The van der Waals surface area contributed by atoms with E-state index in [4.69, 9.17) is 10.5 Å². The second-order valence-electron chi connectivity index (χ2n) is 5.56. The van der Waals surface area contributed by atoms with Crippen LogP contribution in [0.4, 0.5) is 17.1 Å². The Morgan fingerprint density at radius 1 is 1.40 bits per heavy atom. The molecule has 5 heteroatoms. The van der Waals surface area contributed by atoms with Gasteiger partial charge in [0.25, 0.3) is 0 Å². The van der Waals surface area contributed by atoms with Gasteiger partial charge in [-0.25, -0.2) is 0 Å². The Labute approximate surface area is 119 Å². The molecular weight excluding hydrogens is 254 g/mol. The quantitative estimate of drug-likeness (QED) is 0.807. The van der Waals surface area contributed by atoms with E-state index in [0.717, 1.165) is 49.4 Å². The fourth-order valence-corrected chi connectivity index (χ4v) is 3.06. The fourth-order valence-electron chi connectivity index (χ4n) is 3.06. The zero-order valence-electron chi connectivity index (χ0n) is 11.8. The lowest BCUT2D eigenvalue weighted by Crippen LogP contribution is -2.39. The highest BCUT2D eigenvalue weighted by Gasteiger charge is 2.23. The first-order chi connectivity index (χ1) is 9.67. The zero-order chi connectivity index (χ0) is 14.1. The van der Waals surface area contributed by atoms with Crippen LogP contribution in [-0.2, 0) is 16.0 Å². The van der Waals surface area contributed by atoms with Crippen LogP contribution in [0.2, 0.25) is 0 Å². The molecule has 0 bridgehead atoms. The summed E-state index contributed by atoms with van der Waals surface area (Å²) in [6.07, 6.45) is 3.84. The summed E-state index contributed by atoms with van der Waals surface area (Å²) in [6.45, 7) is 1.89. The van der Waals surface area contributed by atoms with Crippen LogP contribution >= 0.6 is 0 Å². The molecule has 1 saturated heterocycles. The Bertz CT molecular complexity index is 530. The maximum absolute atomic E-state index is 11.4. The first kappa shape index (κ1) is 13.2. The molecule has 0 spiro atoms. The Hall–Kier alpha value is -1.75. The lowest BCUT2D eigenvalue weighted by molar-refractivity contribution is -0.116. The minimum absolute atomic E-state index is 0.0714. The number of hydrogen-bond donors (Lipinski definition) is 2.